The first-order valence-corrected chi connectivity index (χ1v) is 8.89. The van der Waals surface area contributed by atoms with Crippen LogP contribution in [-0.4, -0.2) is 12.1 Å². The highest BCUT2D eigenvalue weighted by atomic mass is 35.5. The predicted octanol–water partition coefficient (Wildman–Crippen LogP) is 5.75. The Morgan fingerprint density at radius 3 is 2.60 bits per heavy atom. The second-order valence-corrected chi connectivity index (χ2v) is 8.20. The van der Waals surface area contributed by atoms with Gasteiger partial charge in [0.1, 0.15) is 0 Å². The van der Waals surface area contributed by atoms with Gasteiger partial charge in [-0.3, -0.25) is 0 Å². The van der Waals surface area contributed by atoms with Crippen molar-refractivity contribution in [3.05, 3.63) is 26.9 Å². The molecular weight excluding hydrogens is 286 g/mol. The quantitative estimate of drug-likeness (QED) is 0.746. The molecule has 1 aliphatic carbocycles. The molecule has 1 saturated carbocycles. The lowest BCUT2D eigenvalue weighted by molar-refractivity contribution is 0.378. The highest BCUT2D eigenvalue weighted by Gasteiger charge is 2.19. The molecule has 0 spiro atoms. The monoisotopic (exact) mass is 311 g/mol. The third-order valence-electron chi connectivity index (χ3n) is 3.87. The second kappa shape index (κ2) is 7.11. The van der Waals surface area contributed by atoms with Crippen LogP contribution in [0, 0.1) is 5.92 Å². The maximum absolute atomic E-state index is 6.04. The van der Waals surface area contributed by atoms with Crippen LogP contribution in [0.25, 0.3) is 6.08 Å². The fraction of sp³-hybridized carbons (Fsp3) is 0.647. The van der Waals surface area contributed by atoms with Gasteiger partial charge in [-0.25, -0.2) is 0 Å². The first-order valence-electron chi connectivity index (χ1n) is 7.63. The zero-order valence-corrected chi connectivity index (χ0v) is 14.4. The van der Waals surface area contributed by atoms with Crippen LogP contribution in [0.1, 0.15) is 57.8 Å². The van der Waals surface area contributed by atoms with Crippen LogP contribution >= 0.6 is 22.9 Å². The average Bonchev–Trinajstić information content (AvgIpc) is 2.80. The summed E-state index contributed by atoms with van der Waals surface area (Å²) < 4.78 is 0. The summed E-state index contributed by atoms with van der Waals surface area (Å²) in [4.78, 5) is 1.28. The van der Waals surface area contributed by atoms with E-state index in [1.807, 2.05) is 5.38 Å². The summed E-state index contributed by atoms with van der Waals surface area (Å²) in [6, 6.07) is 2.08. The molecule has 0 bridgehead atoms. The van der Waals surface area contributed by atoms with Crippen molar-refractivity contribution >= 4 is 29.0 Å². The molecule has 1 aromatic heterocycles. The van der Waals surface area contributed by atoms with Gasteiger partial charge in [-0.1, -0.05) is 36.4 Å². The SMILES string of the molecule is CC(C)(C)NCC(=Cc1cc(Cl)cs1)C1CCCCC1. The number of thiophene rings is 1. The topological polar surface area (TPSA) is 12.0 Å². The number of halogens is 1. The van der Waals surface area contributed by atoms with E-state index < -0.39 is 0 Å². The molecule has 0 amide bonds. The molecule has 0 atom stereocenters. The molecule has 1 aromatic rings. The highest BCUT2D eigenvalue weighted by molar-refractivity contribution is 7.11. The van der Waals surface area contributed by atoms with E-state index in [1.165, 1.54) is 37.0 Å². The Morgan fingerprint density at radius 2 is 2.05 bits per heavy atom. The van der Waals surface area contributed by atoms with Crippen molar-refractivity contribution in [2.45, 2.75) is 58.4 Å². The van der Waals surface area contributed by atoms with Gasteiger partial charge >= 0.3 is 0 Å². The average molecular weight is 312 g/mol. The van der Waals surface area contributed by atoms with Crippen LogP contribution in [0.15, 0.2) is 17.0 Å². The molecule has 0 unspecified atom stereocenters. The van der Waals surface area contributed by atoms with Gasteiger partial charge in [-0.15, -0.1) is 11.3 Å². The van der Waals surface area contributed by atoms with Crippen molar-refractivity contribution in [1.29, 1.82) is 0 Å². The van der Waals surface area contributed by atoms with Crippen molar-refractivity contribution < 1.29 is 0 Å². The van der Waals surface area contributed by atoms with E-state index in [0.717, 1.165) is 17.5 Å². The van der Waals surface area contributed by atoms with E-state index in [1.54, 1.807) is 16.9 Å². The number of rotatable bonds is 4. The number of hydrogen-bond donors (Lipinski definition) is 1. The summed E-state index contributed by atoms with van der Waals surface area (Å²) in [5.74, 6) is 0.750. The molecule has 0 aliphatic heterocycles. The van der Waals surface area contributed by atoms with E-state index >= 15 is 0 Å². The molecule has 1 nitrogen and oxygen atoms in total. The normalized spacial score (nSPS) is 18.5. The van der Waals surface area contributed by atoms with Crippen molar-refractivity contribution in [3.8, 4) is 0 Å². The van der Waals surface area contributed by atoms with Gasteiger partial charge in [0.15, 0.2) is 0 Å². The van der Waals surface area contributed by atoms with Crippen molar-refractivity contribution in [1.82, 2.24) is 5.32 Å². The molecule has 2 rings (SSSR count). The molecule has 0 saturated heterocycles. The van der Waals surface area contributed by atoms with Gasteiger partial charge in [-0.05, 0) is 51.7 Å². The van der Waals surface area contributed by atoms with E-state index in [0.29, 0.717) is 0 Å². The fourth-order valence-electron chi connectivity index (χ4n) is 2.74. The lowest BCUT2D eigenvalue weighted by atomic mass is 9.83. The summed E-state index contributed by atoms with van der Waals surface area (Å²) in [5.41, 5.74) is 1.72. The fourth-order valence-corrected chi connectivity index (χ4v) is 3.79. The first-order chi connectivity index (χ1) is 9.44. The van der Waals surface area contributed by atoms with E-state index in [9.17, 15) is 0 Å². The van der Waals surface area contributed by atoms with Gasteiger partial charge in [-0.2, -0.15) is 0 Å². The van der Waals surface area contributed by atoms with Gasteiger partial charge in [0.2, 0.25) is 0 Å². The maximum Gasteiger partial charge on any atom is 0.0519 e. The minimum Gasteiger partial charge on any atom is -0.308 e. The Bertz CT molecular complexity index is 450. The Hall–Kier alpha value is -0.310. The summed E-state index contributed by atoms with van der Waals surface area (Å²) in [6.45, 7) is 7.68. The smallest absolute Gasteiger partial charge is 0.0519 e. The largest absolute Gasteiger partial charge is 0.308 e. The predicted molar refractivity (Wildman–Crippen MR) is 91.6 cm³/mol. The Balaban J connectivity index is 2.12. The summed E-state index contributed by atoms with van der Waals surface area (Å²) in [7, 11) is 0. The van der Waals surface area contributed by atoms with Crippen LogP contribution < -0.4 is 5.32 Å². The molecule has 1 heterocycles. The van der Waals surface area contributed by atoms with Crippen molar-refractivity contribution in [3.63, 3.8) is 0 Å². The summed E-state index contributed by atoms with van der Waals surface area (Å²) in [6.07, 6.45) is 9.21. The van der Waals surface area contributed by atoms with Crippen LogP contribution in [-0.2, 0) is 0 Å². The molecule has 1 fully saturated rings. The molecule has 0 aromatic carbocycles. The molecule has 20 heavy (non-hydrogen) atoms. The van der Waals surface area contributed by atoms with Crippen molar-refractivity contribution in [2.24, 2.45) is 5.92 Å². The van der Waals surface area contributed by atoms with Gasteiger partial charge in [0.25, 0.3) is 0 Å². The molecule has 1 aliphatic rings. The molecule has 1 N–H and O–H groups in total. The molecule has 112 valence electrons. The van der Waals surface area contributed by atoms with E-state index in [4.69, 9.17) is 11.6 Å². The number of hydrogen-bond acceptors (Lipinski definition) is 2. The molecular formula is C17H26ClNS. The Kier molecular flexibility index (Phi) is 5.71. The molecule has 0 radical (unpaired) electrons. The second-order valence-electron chi connectivity index (χ2n) is 6.83. The summed E-state index contributed by atoms with van der Waals surface area (Å²) >= 11 is 7.78. The van der Waals surface area contributed by atoms with E-state index in [2.05, 4.69) is 38.2 Å². The maximum atomic E-state index is 6.04. The zero-order chi connectivity index (χ0) is 14.6. The minimum absolute atomic E-state index is 0.168. The minimum atomic E-state index is 0.168. The van der Waals surface area contributed by atoms with Crippen LogP contribution in [0.3, 0.4) is 0 Å². The summed E-state index contributed by atoms with van der Waals surface area (Å²) in [5, 5.41) is 6.52. The third kappa shape index (κ3) is 5.23. The van der Waals surface area contributed by atoms with Crippen LogP contribution in [0.4, 0.5) is 0 Å². The zero-order valence-electron chi connectivity index (χ0n) is 12.8. The van der Waals surface area contributed by atoms with Crippen molar-refractivity contribution in [2.75, 3.05) is 6.54 Å². The van der Waals surface area contributed by atoms with Gasteiger partial charge in [0.05, 0.1) is 5.02 Å². The van der Waals surface area contributed by atoms with E-state index in [-0.39, 0.29) is 5.54 Å². The molecule has 3 heteroatoms. The lowest BCUT2D eigenvalue weighted by Gasteiger charge is -2.28. The standard InChI is InChI=1S/C17H26ClNS/c1-17(2,3)19-11-14(13-7-5-4-6-8-13)9-16-10-15(18)12-20-16/h9-10,12-13,19H,4-8,11H2,1-3H3. The van der Waals surface area contributed by atoms with Gasteiger partial charge < -0.3 is 5.32 Å². The van der Waals surface area contributed by atoms with Crippen LogP contribution in [0.5, 0.6) is 0 Å². The third-order valence-corrected chi connectivity index (χ3v) is 5.10. The Morgan fingerprint density at radius 1 is 1.35 bits per heavy atom. The number of nitrogens with one attached hydrogen (secondary N) is 1. The lowest BCUT2D eigenvalue weighted by Crippen LogP contribution is -2.38. The van der Waals surface area contributed by atoms with Gasteiger partial charge in [0, 0.05) is 22.3 Å². The first kappa shape index (κ1) is 16.1. The Labute approximate surface area is 132 Å². The highest BCUT2D eigenvalue weighted by Crippen LogP contribution is 2.32. The van der Waals surface area contributed by atoms with Crippen LogP contribution in [0.2, 0.25) is 5.02 Å².